The number of carbonyl (C=O) groups is 1. The van der Waals surface area contributed by atoms with Gasteiger partial charge < -0.3 is 15.2 Å². The number of carbonyl (C=O) groups excluding carboxylic acids is 1. The van der Waals surface area contributed by atoms with Crippen molar-refractivity contribution in [3.05, 3.63) is 47.6 Å². The monoisotopic (exact) mass is 340 g/mol. The van der Waals surface area contributed by atoms with Crippen molar-refractivity contribution in [1.29, 1.82) is 0 Å². The largest absolute Gasteiger partial charge is 0.339 e. The van der Waals surface area contributed by atoms with Gasteiger partial charge in [0.25, 0.3) is 0 Å². The number of rotatable bonds is 3. The highest BCUT2D eigenvalue weighted by Gasteiger charge is 2.41. The van der Waals surface area contributed by atoms with Crippen LogP contribution in [0, 0.1) is 0 Å². The maximum absolute atomic E-state index is 12.3. The number of likely N-dealkylation sites (tertiary alicyclic amines) is 1. The van der Waals surface area contributed by atoms with Crippen molar-refractivity contribution in [1.82, 2.24) is 15.0 Å². The topological polar surface area (TPSA) is 85.2 Å². The Balaban J connectivity index is 1.68. The van der Waals surface area contributed by atoms with Gasteiger partial charge in [0.05, 0.1) is 17.5 Å². The van der Waals surface area contributed by atoms with Gasteiger partial charge >= 0.3 is 0 Å². The number of likely N-dealkylation sites (N-methyl/N-ethyl adjacent to an activating group) is 1. The summed E-state index contributed by atoms with van der Waals surface area (Å²) in [6, 6.07) is 9.97. The molecule has 1 saturated heterocycles. The molecule has 1 aromatic heterocycles. The lowest BCUT2D eigenvalue weighted by atomic mass is 9.84. The van der Waals surface area contributed by atoms with Gasteiger partial charge in [-0.25, -0.2) is 0 Å². The molecule has 0 spiro atoms. The molecule has 2 N–H and O–H groups in total. The van der Waals surface area contributed by atoms with Crippen molar-refractivity contribution in [2.75, 3.05) is 7.05 Å². The van der Waals surface area contributed by atoms with E-state index in [9.17, 15) is 4.79 Å². The third-order valence-corrected chi connectivity index (χ3v) is 5.70. The van der Waals surface area contributed by atoms with Crippen LogP contribution in [0.4, 0.5) is 0 Å². The number of hydrogen-bond acceptors (Lipinski definition) is 5. The van der Waals surface area contributed by atoms with E-state index in [0.29, 0.717) is 24.6 Å². The molecule has 2 atom stereocenters. The fourth-order valence-corrected chi connectivity index (χ4v) is 4.22. The Labute approximate surface area is 147 Å². The predicted molar refractivity (Wildman–Crippen MR) is 92.6 cm³/mol. The zero-order valence-corrected chi connectivity index (χ0v) is 14.5. The number of nitrogens with two attached hydrogens (primary N) is 1. The van der Waals surface area contributed by atoms with Crippen LogP contribution >= 0.6 is 0 Å². The minimum Gasteiger partial charge on any atom is -0.339 e. The Morgan fingerprint density at radius 2 is 1.96 bits per heavy atom. The summed E-state index contributed by atoms with van der Waals surface area (Å²) < 4.78 is 5.64. The van der Waals surface area contributed by atoms with E-state index in [-0.39, 0.29) is 17.9 Å². The quantitative estimate of drug-likeness (QED) is 0.928. The first-order valence-corrected chi connectivity index (χ1v) is 9.02. The van der Waals surface area contributed by atoms with Crippen molar-refractivity contribution in [2.45, 2.75) is 56.0 Å². The first kappa shape index (κ1) is 16.3. The lowest BCUT2D eigenvalue weighted by Crippen LogP contribution is -2.39. The van der Waals surface area contributed by atoms with Crippen LogP contribution in [0.25, 0.3) is 0 Å². The number of nitrogens with zero attached hydrogens (tertiary/aromatic N) is 3. The molecular formula is C19H24N4O2. The fourth-order valence-electron chi connectivity index (χ4n) is 4.22. The first-order valence-electron chi connectivity index (χ1n) is 9.02. The second-order valence-electron chi connectivity index (χ2n) is 7.32. The van der Waals surface area contributed by atoms with E-state index in [1.54, 1.807) is 4.90 Å². The van der Waals surface area contributed by atoms with Crippen molar-refractivity contribution in [3.63, 3.8) is 0 Å². The van der Waals surface area contributed by atoms with Gasteiger partial charge in [-0.15, -0.1) is 0 Å². The molecule has 1 aromatic carbocycles. The number of hydrogen-bond donors (Lipinski definition) is 1. The maximum Gasteiger partial charge on any atom is 0.232 e. The summed E-state index contributed by atoms with van der Waals surface area (Å²) in [4.78, 5) is 18.7. The molecule has 1 saturated carbocycles. The Morgan fingerprint density at radius 3 is 2.68 bits per heavy atom. The maximum atomic E-state index is 12.3. The Morgan fingerprint density at radius 1 is 1.24 bits per heavy atom. The normalized spacial score (nSPS) is 26.2. The number of amides is 1. The van der Waals surface area contributed by atoms with Crippen LogP contribution in [-0.4, -0.2) is 28.0 Å². The highest BCUT2D eigenvalue weighted by molar-refractivity contribution is 5.77. The molecule has 2 heterocycles. The van der Waals surface area contributed by atoms with Gasteiger partial charge in [0, 0.05) is 13.5 Å². The summed E-state index contributed by atoms with van der Waals surface area (Å²) >= 11 is 0. The van der Waals surface area contributed by atoms with Crippen LogP contribution in [0.3, 0.4) is 0 Å². The molecule has 6 nitrogen and oxygen atoms in total. The van der Waals surface area contributed by atoms with Crippen LogP contribution in [-0.2, 0) is 10.3 Å². The van der Waals surface area contributed by atoms with E-state index in [4.69, 9.17) is 10.3 Å². The molecule has 25 heavy (non-hydrogen) atoms. The van der Waals surface area contributed by atoms with Gasteiger partial charge in [-0.2, -0.15) is 4.98 Å². The molecule has 0 radical (unpaired) electrons. The highest BCUT2D eigenvalue weighted by Crippen LogP contribution is 2.42. The summed E-state index contributed by atoms with van der Waals surface area (Å²) in [5.41, 5.74) is 7.10. The van der Waals surface area contributed by atoms with Crippen molar-refractivity contribution in [2.24, 2.45) is 5.73 Å². The molecule has 2 fully saturated rings. The molecule has 2 unspecified atom stereocenters. The molecule has 4 rings (SSSR count). The lowest BCUT2D eigenvalue weighted by Gasteiger charge is -2.37. The van der Waals surface area contributed by atoms with Gasteiger partial charge in [-0.3, -0.25) is 4.79 Å². The van der Waals surface area contributed by atoms with E-state index in [2.05, 4.69) is 10.1 Å². The first-order chi connectivity index (χ1) is 12.1. The molecular weight excluding hydrogens is 316 g/mol. The van der Waals surface area contributed by atoms with Gasteiger partial charge in [0.2, 0.25) is 11.8 Å². The summed E-state index contributed by atoms with van der Waals surface area (Å²) in [5.74, 6) is 1.36. The van der Waals surface area contributed by atoms with Gasteiger partial charge in [0.1, 0.15) is 0 Å². The van der Waals surface area contributed by atoms with Crippen LogP contribution in [0.5, 0.6) is 0 Å². The lowest BCUT2D eigenvalue weighted by molar-refractivity contribution is -0.135. The van der Waals surface area contributed by atoms with E-state index in [0.717, 1.165) is 31.2 Å². The second kappa shape index (κ2) is 6.26. The minimum atomic E-state index is -0.458. The van der Waals surface area contributed by atoms with Crippen LogP contribution in [0.15, 0.2) is 34.9 Å². The van der Waals surface area contributed by atoms with E-state index in [1.165, 1.54) is 0 Å². The third-order valence-electron chi connectivity index (χ3n) is 5.70. The average Bonchev–Trinajstić information content (AvgIpc) is 3.28. The smallest absolute Gasteiger partial charge is 0.232 e. The van der Waals surface area contributed by atoms with Gasteiger partial charge in [0.15, 0.2) is 5.82 Å². The second-order valence-corrected chi connectivity index (χ2v) is 7.32. The Hall–Kier alpha value is -2.21. The van der Waals surface area contributed by atoms with Crippen molar-refractivity contribution < 1.29 is 9.32 Å². The number of aromatic nitrogens is 2. The van der Waals surface area contributed by atoms with Crippen LogP contribution in [0.1, 0.15) is 67.8 Å². The van der Waals surface area contributed by atoms with E-state index < -0.39 is 5.54 Å². The molecule has 1 aliphatic carbocycles. The molecule has 1 aliphatic heterocycles. The van der Waals surface area contributed by atoms with Crippen molar-refractivity contribution in [3.8, 4) is 0 Å². The molecule has 0 bridgehead atoms. The SMILES string of the molecule is CN1C(=O)CCC(c2nc(C3(N)CCCC3)no2)C1c1ccccc1. The molecule has 6 heteroatoms. The van der Waals surface area contributed by atoms with Gasteiger partial charge in [-0.1, -0.05) is 48.3 Å². The fraction of sp³-hybridized carbons (Fsp3) is 0.526. The highest BCUT2D eigenvalue weighted by atomic mass is 16.5. The number of benzene rings is 1. The zero-order valence-electron chi connectivity index (χ0n) is 14.5. The third kappa shape index (κ3) is 2.84. The summed E-state index contributed by atoms with van der Waals surface area (Å²) in [6.07, 6.45) is 5.22. The molecule has 1 amide bonds. The van der Waals surface area contributed by atoms with E-state index in [1.807, 2.05) is 37.4 Å². The summed E-state index contributed by atoms with van der Waals surface area (Å²) in [5, 5.41) is 4.20. The average molecular weight is 340 g/mol. The Bertz CT molecular complexity index is 752. The van der Waals surface area contributed by atoms with Gasteiger partial charge in [-0.05, 0) is 24.8 Å². The molecule has 2 aliphatic rings. The van der Waals surface area contributed by atoms with Crippen molar-refractivity contribution >= 4 is 5.91 Å². The molecule has 2 aromatic rings. The molecule has 132 valence electrons. The van der Waals surface area contributed by atoms with Crippen LogP contribution in [0.2, 0.25) is 0 Å². The van der Waals surface area contributed by atoms with Crippen LogP contribution < -0.4 is 5.73 Å². The van der Waals surface area contributed by atoms with E-state index >= 15 is 0 Å². The summed E-state index contributed by atoms with van der Waals surface area (Å²) in [6.45, 7) is 0. The summed E-state index contributed by atoms with van der Waals surface area (Å²) in [7, 11) is 1.85. The standard InChI is InChI=1S/C19H24N4O2/c1-23-15(24)10-9-14(16(23)13-7-3-2-4-8-13)17-21-18(22-25-17)19(20)11-5-6-12-19/h2-4,7-8,14,16H,5-6,9-12,20H2,1H3. The predicted octanol–water partition coefficient (Wildman–Crippen LogP) is 2.87. The minimum absolute atomic E-state index is 0.00338. The Kier molecular flexibility index (Phi) is 4.07. The number of piperidine rings is 1. The zero-order chi connectivity index (χ0) is 17.4.